The predicted molar refractivity (Wildman–Crippen MR) is 147 cm³/mol. The maximum absolute atomic E-state index is 12.4. The van der Waals surface area contributed by atoms with Crippen molar-refractivity contribution in [1.82, 2.24) is 9.80 Å². The Bertz CT molecular complexity index is 1340. The fourth-order valence-corrected chi connectivity index (χ4v) is 6.59. The van der Waals surface area contributed by atoms with Crippen molar-refractivity contribution in [2.45, 2.75) is 25.2 Å². The van der Waals surface area contributed by atoms with Crippen LogP contribution in [0, 0.1) is 0 Å². The molecule has 1 aromatic heterocycles. The molecule has 5 rings (SSSR count). The van der Waals surface area contributed by atoms with Gasteiger partial charge in [0.15, 0.2) is 0 Å². The van der Waals surface area contributed by atoms with Crippen molar-refractivity contribution in [1.29, 1.82) is 0 Å². The van der Waals surface area contributed by atoms with E-state index in [4.69, 9.17) is 16.3 Å². The number of thiophene rings is 1. The largest absolute Gasteiger partial charge is 0.493 e. The van der Waals surface area contributed by atoms with E-state index >= 15 is 0 Å². The number of likely N-dealkylation sites (tertiary alicyclic amines) is 1. The lowest BCUT2D eigenvalue weighted by atomic mass is 9.86. The summed E-state index contributed by atoms with van der Waals surface area (Å²) in [4.78, 5) is 17.1. The highest BCUT2D eigenvalue weighted by molar-refractivity contribution is 7.21. The smallest absolute Gasteiger partial charge is 0.264 e. The van der Waals surface area contributed by atoms with Crippen LogP contribution in [0.3, 0.4) is 0 Å². The third-order valence-electron chi connectivity index (χ3n) is 6.94. The molecule has 0 saturated carbocycles. The molecule has 0 atom stereocenters. The zero-order chi connectivity index (χ0) is 24.4. The summed E-state index contributed by atoms with van der Waals surface area (Å²) in [5.41, 5.74) is 1.51. The van der Waals surface area contributed by atoms with E-state index < -0.39 is 0 Å². The zero-order valence-corrected chi connectivity index (χ0v) is 21.9. The Labute approximate surface area is 216 Å². The number of ether oxygens (including phenoxy) is 1. The molecule has 0 bridgehead atoms. The highest BCUT2D eigenvalue weighted by atomic mass is 35.5. The molecule has 0 N–H and O–H groups in total. The molecule has 1 fully saturated rings. The van der Waals surface area contributed by atoms with Gasteiger partial charge in [0, 0.05) is 30.7 Å². The molecule has 4 aromatic rings. The van der Waals surface area contributed by atoms with Crippen molar-refractivity contribution in [2.75, 3.05) is 40.3 Å². The van der Waals surface area contributed by atoms with Gasteiger partial charge in [-0.2, -0.15) is 0 Å². The molecular formula is C29H31ClN2O2S. The SMILES string of the molecule is CN(C)C(=O)c1sc2cc(OCCCN3CCC(c4cccc5ccccc45)CC3)ccc2c1Cl. The average Bonchev–Trinajstić information content (AvgIpc) is 3.21. The number of halogens is 1. The van der Waals surface area contributed by atoms with Crippen molar-refractivity contribution < 1.29 is 9.53 Å². The first-order chi connectivity index (χ1) is 17.0. The van der Waals surface area contributed by atoms with Crippen molar-refractivity contribution in [3.63, 3.8) is 0 Å². The van der Waals surface area contributed by atoms with Gasteiger partial charge in [-0.25, -0.2) is 0 Å². The Kier molecular flexibility index (Phi) is 7.28. The van der Waals surface area contributed by atoms with Gasteiger partial charge < -0.3 is 14.5 Å². The quantitative estimate of drug-likeness (QED) is 0.251. The summed E-state index contributed by atoms with van der Waals surface area (Å²) in [6.45, 7) is 4.00. The molecule has 182 valence electrons. The molecule has 0 aliphatic carbocycles. The van der Waals surface area contributed by atoms with Crippen LogP contribution in [-0.2, 0) is 0 Å². The van der Waals surface area contributed by atoms with Gasteiger partial charge in [0.05, 0.1) is 11.6 Å². The lowest BCUT2D eigenvalue weighted by Gasteiger charge is -2.32. The van der Waals surface area contributed by atoms with E-state index in [1.54, 1.807) is 19.0 Å². The van der Waals surface area contributed by atoms with Crippen LogP contribution in [-0.4, -0.2) is 56.0 Å². The molecule has 0 spiro atoms. The minimum absolute atomic E-state index is 0.0668. The van der Waals surface area contributed by atoms with Gasteiger partial charge in [0.25, 0.3) is 5.91 Å². The van der Waals surface area contributed by atoms with Crippen LogP contribution < -0.4 is 4.74 Å². The van der Waals surface area contributed by atoms with Crippen molar-refractivity contribution in [3.8, 4) is 5.75 Å². The minimum Gasteiger partial charge on any atom is -0.493 e. The number of benzene rings is 3. The maximum atomic E-state index is 12.4. The number of carbonyl (C=O) groups excluding carboxylic acids is 1. The molecule has 1 amide bonds. The Morgan fingerprint density at radius 2 is 1.83 bits per heavy atom. The number of piperidine rings is 1. The second-order valence-corrected chi connectivity index (χ2v) is 10.9. The van der Waals surface area contributed by atoms with Crippen LogP contribution in [0.25, 0.3) is 20.9 Å². The lowest BCUT2D eigenvalue weighted by molar-refractivity contribution is 0.0832. The zero-order valence-electron chi connectivity index (χ0n) is 20.3. The molecular weight excluding hydrogens is 476 g/mol. The minimum atomic E-state index is -0.0668. The van der Waals surface area contributed by atoms with Gasteiger partial charge in [-0.3, -0.25) is 4.79 Å². The molecule has 6 heteroatoms. The van der Waals surface area contributed by atoms with E-state index in [1.165, 1.54) is 40.5 Å². The highest BCUT2D eigenvalue weighted by Crippen LogP contribution is 2.38. The summed E-state index contributed by atoms with van der Waals surface area (Å²) in [5.74, 6) is 1.40. The molecule has 0 radical (unpaired) electrons. The fourth-order valence-electron chi connectivity index (χ4n) is 5.03. The van der Waals surface area contributed by atoms with Crippen molar-refractivity contribution in [3.05, 3.63) is 76.1 Å². The Balaban J connectivity index is 1.11. The average molecular weight is 507 g/mol. The molecule has 4 nitrogen and oxygen atoms in total. The molecule has 1 aliphatic heterocycles. The van der Waals surface area contributed by atoms with Crippen LogP contribution in [0.1, 0.15) is 40.4 Å². The fraction of sp³-hybridized carbons (Fsp3) is 0.345. The molecule has 3 aromatic carbocycles. The third kappa shape index (κ3) is 5.18. The number of nitrogens with zero attached hydrogens (tertiary/aromatic N) is 2. The van der Waals surface area contributed by atoms with Crippen LogP contribution in [0.2, 0.25) is 5.02 Å². The summed E-state index contributed by atoms with van der Waals surface area (Å²) in [6, 6.07) is 21.3. The molecule has 1 saturated heterocycles. The van der Waals surface area contributed by atoms with Crippen LogP contribution in [0.5, 0.6) is 5.75 Å². The molecule has 0 unspecified atom stereocenters. The number of hydrogen-bond acceptors (Lipinski definition) is 4. The monoisotopic (exact) mass is 506 g/mol. The van der Waals surface area contributed by atoms with E-state index in [1.807, 2.05) is 18.2 Å². The summed E-state index contributed by atoms with van der Waals surface area (Å²) < 4.78 is 7.02. The van der Waals surface area contributed by atoms with E-state index in [0.29, 0.717) is 22.4 Å². The van der Waals surface area contributed by atoms with Crippen molar-refractivity contribution >= 4 is 49.7 Å². The van der Waals surface area contributed by atoms with Gasteiger partial charge >= 0.3 is 0 Å². The molecule has 35 heavy (non-hydrogen) atoms. The maximum Gasteiger partial charge on any atom is 0.264 e. The standard InChI is InChI=1S/C29H31ClN2O2S/c1-31(2)29(33)28-27(30)25-12-11-22(19-26(25)35-28)34-18-6-15-32-16-13-21(14-17-32)24-10-5-8-20-7-3-4-9-23(20)24/h3-5,7-12,19,21H,6,13-18H2,1-2H3. The van der Waals surface area contributed by atoms with Gasteiger partial charge in [-0.15, -0.1) is 11.3 Å². The second kappa shape index (κ2) is 10.6. The van der Waals surface area contributed by atoms with E-state index in [0.717, 1.165) is 41.9 Å². The number of hydrogen-bond donors (Lipinski definition) is 0. The Morgan fingerprint density at radius 1 is 1.06 bits per heavy atom. The van der Waals surface area contributed by atoms with Crippen LogP contribution in [0.15, 0.2) is 60.7 Å². The van der Waals surface area contributed by atoms with Crippen LogP contribution in [0.4, 0.5) is 0 Å². The topological polar surface area (TPSA) is 32.8 Å². The van der Waals surface area contributed by atoms with Gasteiger partial charge in [-0.05, 0) is 72.8 Å². The lowest BCUT2D eigenvalue weighted by Crippen LogP contribution is -2.34. The number of amides is 1. The highest BCUT2D eigenvalue weighted by Gasteiger charge is 2.22. The summed E-state index contributed by atoms with van der Waals surface area (Å²) >= 11 is 7.88. The Morgan fingerprint density at radius 3 is 2.63 bits per heavy atom. The van der Waals surface area contributed by atoms with Gasteiger partial charge in [-0.1, -0.05) is 54.1 Å². The first-order valence-electron chi connectivity index (χ1n) is 12.3. The normalized spacial score (nSPS) is 15.1. The van der Waals surface area contributed by atoms with E-state index in [-0.39, 0.29) is 5.91 Å². The molecule has 1 aliphatic rings. The molecule has 2 heterocycles. The summed E-state index contributed by atoms with van der Waals surface area (Å²) in [7, 11) is 3.48. The van der Waals surface area contributed by atoms with Crippen LogP contribution >= 0.6 is 22.9 Å². The Hall–Kier alpha value is -2.60. The summed E-state index contributed by atoms with van der Waals surface area (Å²) in [5, 5.41) is 4.18. The number of fused-ring (bicyclic) bond motifs is 2. The van der Waals surface area contributed by atoms with E-state index in [9.17, 15) is 4.79 Å². The summed E-state index contributed by atoms with van der Waals surface area (Å²) in [6.07, 6.45) is 3.41. The van der Waals surface area contributed by atoms with Gasteiger partial charge in [0.1, 0.15) is 10.6 Å². The number of carbonyl (C=O) groups is 1. The third-order valence-corrected chi connectivity index (χ3v) is 8.58. The van der Waals surface area contributed by atoms with Crippen molar-refractivity contribution in [2.24, 2.45) is 0 Å². The number of rotatable bonds is 7. The second-order valence-electron chi connectivity index (χ2n) is 9.49. The first-order valence-corrected chi connectivity index (χ1v) is 13.5. The van der Waals surface area contributed by atoms with E-state index in [2.05, 4.69) is 47.4 Å². The first kappa shape index (κ1) is 24.1. The van der Waals surface area contributed by atoms with Gasteiger partial charge in [0.2, 0.25) is 0 Å². The predicted octanol–water partition coefficient (Wildman–Crippen LogP) is 7.06.